The van der Waals surface area contributed by atoms with Crippen LogP contribution in [0.5, 0.6) is 0 Å². The second-order valence-electron chi connectivity index (χ2n) is 11.5. The molecule has 0 unspecified atom stereocenters. The van der Waals surface area contributed by atoms with Crippen LogP contribution in [-0.2, 0) is 15.9 Å². The first-order valence-electron chi connectivity index (χ1n) is 14.9. The number of carbonyl (C=O) groups excluding carboxylic acids is 2. The first kappa shape index (κ1) is 32.0. The molecular weight excluding hydrogens is 544 g/mol. The third-order valence-electron chi connectivity index (χ3n) is 8.05. The zero-order valence-electron chi connectivity index (χ0n) is 24.7. The molecule has 10 heteroatoms. The van der Waals surface area contributed by atoms with Crippen molar-refractivity contribution in [3.63, 3.8) is 0 Å². The fourth-order valence-electron chi connectivity index (χ4n) is 6.05. The number of ether oxygens (including phenoxy) is 2. The maximum absolute atomic E-state index is 14.0. The van der Waals surface area contributed by atoms with Gasteiger partial charge in [-0.25, -0.2) is 8.78 Å². The SMILES string of the molecule is CCCO[C@H]1CCN[C@@H]([C@@H](O)[C@H](Cc2cc(F)cc(F)c2)NC(=O)c2cc(C)cc(C(=O)N3CCC[C@@H]3COC)c2)C1. The molecule has 2 heterocycles. The number of nitrogens with zero attached hydrogens (tertiary/aromatic N) is 1. The van der Waals surface area contributed by atoms with Gasteiger partial charge in [0.1, 0.15) is 11.6 Å². The van der Waals surface area contributed by atoms with Crippen molar-refractivity contribution in [1.82, 2.24) is 15.5 Å². The molecule has 0 bridgehead atoms. The van der Waals surface area contributed by atoms with E-state index in [1.807, 2.05) is 13.8 Å². The molecule has 2 amide bonds. The lowest BCUT2D eigenvalue weighted by Crippen LogP contribution is -2.57. The summed E-state index contributed by atoms with van der Waals surface area (Å²) in [6, 6.07) is 6.91. The number of aryl methyl sites for hydroxylation is 1. The Balaban J connectivity index is 1.56. The summed E-state index contributed by atoms with van der Waals surface area (Å²) < 4.78 is 39.3. The molecular formula is C32H43F2N3O5. The largest absolute Gasteiger partial charge is 0.389 e. The minimum Gasteiger partial charge on any atom is -0.389 e. The van der Waals surface area contributed by atoms with Crippen molar-refractivity contribution in [3.05, 3.63) is 70.3 Å². The van der Waals surface area contributed by atoms with Crippen LogP contribution in [0.2, 0.25) is 0 Å². The summed E-state index contributed by atoms with van der Waals surface area (Å²) in [4.78, 5) is 28.8. The van der Waals surface area contributed by atoms with Crippen molar-refractivity contribution < 1.29 is 33.0 Å². The predicted octanol–water partition coefficient (Wildman–Crippen LogP) is 3.77. The zero-order chi connectivity index (χ0) is 30.2. The summed E-state index contributed by atoms with van der Waals surface area (Å²) in [6.45, 7) is 6.17. The Morgan fingerprint density at radius 1 is 1.12 bits per heavy atom. The predicted molar refractivity (Wildman–Crippen MR) is 155 cm³/mol. The lowest BCUT2D eigenvalue weighted by Gasteiger charge is -2.37. The number of hydrogen-bond acceptors (Lipinski definition) is 6. The van der Waals surface area contributed by atoms with Crippen molar-refractivity contribution in [1.29, 1.82) is 0 Å². The van der Waals surface area contributed by atoms with E-state index in [0.717, 1.165) is 37.3 Å². The van der Waals surface area contributed by atoms with Crippen LogP contribution in [0, 0.1) is 18.6 Å². The van der Waals surface area contributed by atoms with E-state index in [2.05, 4.69) is 10.6 Å². The number of nitrogens with one attached hydrogen (secondary N) is 2. The Hall–Kier alpha value is -2.92. The Bertz CT molecular complexity index is 1210. The van der Waals surface area contributed by atoms with E-state index in [1.165, 1.54) is 12.1 Å². The normalized spacial score (nSPS) is 22.1. The van der Waals surface area contributed by atoms with E-state index in [1.54, 1.807) is 30.2 Å². The van der Waals surface area contributed by atoms with Crippen LogP contribution in [0.25, 0.3) is 0 Å². The summed E-state index contributed by atoms with van der Waals surface area (Å²) in [7, 11) is 1.61. The standard InChI is InChI=1S/C32H43F2N3O5/c1-4-10-42-27-7-8-35-28(18-27)30(38)29(15-21-13-24(33)17-25(34)14-21)36-31(39)22-11-20(2)12-23(16-22)32(40)37-9-5-6-26(37)19-41-3/h11-14,16-17,26-30,35,38H,4-10,15,18-19H2,1-3H3,(H,36,39)/t26-,27+,28-,29+,30-/m1/s1. The Labute approximate surface area is 246 Å². The lowest BCUT2D eigenvalue weighted by atomic mass is 9.90. The summed E-state index contributed by atoms with van der Waals surface area (Å²) in [5.41, 5.74) is 1.72. The molecule has 2 aliphatic heterocycles. The summed E-state index contributed by atoms with van der Waals surface area (Å²) >= 11 is 0. The van der Waals surface area contributed by atoms with Gasteiger partial charge in [0.05, 0.1) is 30.9 Å². The van der Waals surface area contributed by atoms with E-state index in [4.69, 9.17) is 9.47 Å². The van der Waals surface area contributed by atoms with E-state index in [0.29, 0.717) is 43.9 Å². The minimum atomic E-state index is -1.07. The first-order chi connectivity index (χ1) is 20.2. The van der Waals surface area contributed by atoms with Gasteiger partial charge in [-0.2, -0.15) is 0 Å². The maximum Gasteiger partial charge on any atom is 0.254 e. The topological polar surface area (TPSA) is 100 Å². The molecule has 0 spiro atoms. The van der Waals surface area contributed by atoms with Crippen molar-refractivity contribution in [3.8, 4) is 0 Å². The highest BCUT2D eigenvalue weighted by molar-refractivity contribution is 6.00. The van der Waals surface area contributed by atoms with Crippen molar-refractivity contribution in [2.75, 3.05) is 33.4 Å². The zero-order valence-corrected chi connectivity index (χ0v) is 24.7. The summed E-state index contributed by atoms with van der Waals surface area (Å²) in [5, 5.41) is 17.7. The Morgan fingerprint density at radius 2 is 1.86 bits per heavy atom. The molecule has 2 aliphatic rings. The molecule has 4 rings (SSSR count). The van der Waals surface area contributed by atoms with Crippen LogP contribution < -0.4 is 10.6 Å². The van der Waals surface area contributed by atoms with Crippen molar-refractivity contribution >= 4 is 11.8 Å². The molecule has 2 fully saturated rings. The van der Waals surface area contributed by atoms with Crippen molar-refractivity contribution in [2.24, 2.45) is 0 Å². The quantitative estimate of drug-likeness (QED) is 0.350. The van der Waals surface area contributed by atoms with Crippen LogP contribution in [0.4, 0.5) is 8.78 Å². The van der Waals surface area contributed by atoms with Crippen LogP contribution in [0.15, 0.2) is 36.4 Å². The van der Waals surface area contributed by atoms with Gasteiger partial charge in [0.2, 0.25) is 0 Å². The van der Waals surface area contributed by atoms with E-state index in [-0.39, 0.29) is 30.0 Å². The van der Waals surface area contributed by atoms with E-state index in [9.17, 15) is 23.5 Å². The second-order valence-corrected chi connectivity index (χ2v) is 11.5. The fraction of sp³-hybridized carbons (Fsp3) is 0.562. The molecule has 0 radical (unpaired) electrons. The van der Waals surface area contributed by atoms with Gasteiger partial charge in [0.25, 0.3) is 11.8 Å². The van der Waals surface area contributed by atoms with E-state index >= 15 is 0 Å². The minimum absolute atomic E-state index is 0.00430. The monoisotopic (exact) mass is 587 g/mol. The fourth-order valence-corrected chi connectivity index (χ4v) is 6.05. The highest BCUT2D eigenvalue weighted by atomic mass is 19.1. The number of methoxy groups -OCH3 is 1. The number of benzene rings is 2. The summed E-state index contributed by atoms with van der Waals surface area (Å²) in [5.74, 6) is -2.12. The average molecular weight is 588 g/mol. The van der Waals surface area contributed by atoms with Crippen LogP contribution in [-0.4, -0.2) is 85.6 Å². The number of carbonyl (C=O) groups is 2. The van der Waals surface area contributed by atoms with Gasteiger partial charge >= 0.3 is 0 Å². The van der Waals surface area contributed by atoms with Gasteiger partial charge in [-0.05, 0) is 93.5 Å². The number of halogens is 2. The molecule has 2 aromatic rings. The Kier molecular flexibility index (Phi) is 11.4. The van der Waals surface area contributed by atoms with Crippen LogP contribution in [0.3, 0.4) is 0 Å². The number of likely N-dealkylation sites (tertiary alicyclic amines) is 1. The van der Waals surface area contributed by atoms with Crippen LogP contribution in [0.1, 0.15) is 70.9 Å². The molecule has 5 atom stereocenters. The number of rotatable bonds is 12. The molecule has 42 heavy (non-hydrogen) atoms. The highest BCUT2D eigenvalue weighted by Gasteiger charge is 2.34. The molecule has 2 aromatic carbocycles. The molecule has 0 aliphatic carbocycles. The molecule has 0 saturated carbocycles. The second kappa shape index (κ2) is 15.0. The van der Waals surface area contributed by atoms with Gasteiger partial charge in [0.15, 0.2) is 0 Å². The third kappa shape index (κ3) is 8.34. The lowest BCUT2D eigenvalue weighted by molar-refractivity contribution is -0.00737. The molecule has 8 nitrogen and oxygen atoms in total. The maximum atomic E-state index is 14.0. The molecule has 0 aromatic heterocycles. The number of piperidine rings is 1. The van der Waals surface area contributed by atoms with Gasteiger partial charge < -0.3 is 30.1 Å². The highest BCUT2D eigenvalue weighted by Crippen LogP contribution is 2.23. The molecule has 2 saturated heterocycles. The van der Waals surface area contributed by atoms with Gasteiger partial charge in [-0.1, -0.05) is 6.92 Å². The third-order valence-corrected chi connectivity index (χ3v) is 8.05. The van der Waals surface area contributed by atoms with Gasteiger partial charge in [-0.15, -0.1) is 0 Å². The Morgan fingerprint density at radius 3 is 2.57 bits per heavy atom. The number of amides is 2. The molecule has 230 valence electrons. The molecule has 3 N–H and O–H groups in total. The average Bonchev–Trinajstić information content (AvgIpc) is 3.42. The number of aliphatic hydroxyl groups excluding tert-OH is 1. The number of aliphatic hydroxyl groups is 1. The first-order valence-corrected chi connectivity index (χ1v) is 14.9. The summed E-state index contributed by atoms with van der Waals surface area (Å²) in [6.07, 6.45) is 2.86. The van der Waals surface area contributed by atoms with Gasteiger partial charge in [-0.3, -0.25) is 9.59 Å². The number of hydrogen-bond donors (Lipinski definition) is 3. The van der Waals surface area contributed by atoms with Crippen LogP contribution >= 0.6 is 0 Å². The van der Waals surface area contributed by atoms with Crippen molar-refractivity contribution in [2.45, 2.75) is 82.7 Å². The van der Waals surface area contributed by atoms with E-state index < -0.39 is 35.7 Å². The van der Waals surface area contributed by atoms with Gasteiger partial charge in [0, 0.05) is 43.5 Å². The smallest absolute Gasteiger partial charge is 0.254 e.